The van der Waals surface area contributed by atoms with Gasteiger partial charge in [-0.3, -0.25) is 0 Å². The third-order valence-electron chi connectivity index (χ3n) is 6.75. The van der Waals surface area contributed by atoms with Gasteiger partial charge in [-0.05, 0) is 0 Å². The van der Waals surface area contributed by atoms with E-state index in [-0.39, 0.29) is 43.3 Å². The fraction of sp³-hybridized carbons (Fsp3) is 0.545. The van der Waals surface area contributed by atoms with Crippen LogP contribution in [0.1, 0.15) is 27.2 Å². The van der Waals surface area contributed by atoms with Gasteiger partial charge in [0, 0.05) is 0 Å². The van der Waals surface area contributed by atoms with Crippen molar-refractivity contribution in [2.45, 2.75) is 39.3 Å². The molecule has 1 saturated carbocycles. The summed E-state index contributed by atoms with van der Waals surface area (Å²) in [7, 11) is 2.11. The average Bonchev–Trinajstić information content (AvgIpc) is 2.99. The first-order valence-electron chi connectivity index (χ1n) is 9.71. The second kappa shape index (κ2) is 6.88. The van der Waals surface area contributed by atoms with Crippen LogP contribution in [0, 0.1) is 23.2 Å². The standard InChI is InChI=1S/C22H27NO3Se/c1-13(2)16-11-17-18(24)10-14-12-23(4)20(22(14,17)3)19(16)26-21(25)27-15-8-6-5-7-9-15/h5-9,11,13-14,16,19-20H,10,12H2,1-4H3/t14-,16-,19-,20-,22+/m1/s1. The molecule has 1 saturated heterocycles. The van der Waals surface area contributed by atoms with E-state index < -0.39 is 0 Å². The molecule has 144 valence electrons. The SMILES string of the molecule is CC(C)[C@H]1C=C2C(=O)C[C@@H]3CN(C)[C@H]([C@@H]1OC(=O)[Se]c1ccccc1)[C@]23C. The van der Waals surface area contributed by atoms with Gasteiger partial charge in [0.05, 0.1) is 0 Å². The van der Waals surface area contributed by atoms with Crippen LogP contribution in [0.2, 0.25) is 0 Å². The monoisotopic (exact) mass is 433 g/mol. The van der Waals surface area contributed by atoms with Gasteiger partial charge in [0.25, 0.3) is 0 Å². The van der Waals surface area contributed by atoms with Crippen LogP contribution in [0.15, 0.2) is 42.0 Å². The first kappa shape index (κ1) is 18.9. The van der Waals surface area contributed by atoms with Crippen LogP contribution in [0.25, 0.3) is 0 Å². The van der Waals surface area contributed by atoms with Crippen LogP contribution in [0.5, 0.6) is 0 Å². The third-order valence-corrected chi connectivity index (χ3v) is 8.37. The molecule has 0 aromatic heterocycles. The summed E-state index contributed by atoms with van der Waals surface area (Å²) in [5, 5.41) is 0. The number of likely N-dealkylation sites (N-methyl/N-ethyl adjacent to an activating group) is 1. The molecule has 3 aliphatic rings. The summed E-state index contributed by atoms with van der Waals surface area (Å²) in [5.41, 5.74) is 0.795. The Morgan fingerprint density at radius 1 is 1.30 bits per heavy atom. The maximum absolute atomic E-state index is 12.8. The second-order valence-electron chi connectivity index (χ2n) is 8.64. The molecule has 0 radical (unpaired) electrons. The molecule has 4 nitrogen and oxygen atoms in total. The number of carbonyl (C=O) groups excluding carboxylic acids is 2. The van der Waals surface area contributed by atoms with Crippen molar-refractivity contribution in [3.8, 4) is 0 Å². The van der Waals surface area contributed by atoms with E-state index in [2.05, 4.69) is 38.8 Å². The van der Waals surface area contributed by atoms with Crippen molar-refractivity contribution < 1.29 is 14.3 Å². The van der Waals surface area contributed by atoms with Crippen molar-refractivity contribution in [1.29, 1.82) is 0 Å². The van der Waals surface area contributed by atoms with Gasteiger partial charge in [-0.1, -0.05) is 0 Å². The number of nitrogens with zero attached hydrogens (tertiary/aromatic N) is 1. The van der Waals surface area contributed by atoms with Crippen LogP contribution < -0.4 is 4.46 Å². The number of ketones is 1. The van der Waals surface area contributed by atoms with E-state index in [4.69, 9.17) is 4.74 Å². The normalized spacial score (nSPS) is 35.3. The average molecular weight is 432 g/mol. The van der Waals surface area contributed by atoms with Crippen LogP contribution >= 0.6 is 0 Å². The van der Waals surface area contributed by atoms with E-state index >= 15 is 0 Å². The fourth-order valence-electron chi connectivity index (χ4n) is 5.44. The van der Waals surface area contributed by atoms with E-state index in [0.717, 1.165) is 16.6 Å². The zero-order chi connectivity index (χ0) is 19.3. The number of rotatable bonds is 4. The minimum absolute atomic E-state index is 0.0804. The fourth-order valence-corrected chi connectivity index (χ4v) is 6.79. The molecular weight excluding hydrogens is 405 g/mol. The molecule has 2 fully saturated rings. The first-order chi connectivity index (χ1) is 12.8. The first-order valence-corrected chi connectivity index (χ1v) is 11.4. The predicted octanol–water partition coefficient (Wildman–Crippen LogP) is 2.64. The quantitative estimate of drug-likeness (QED) is 0.687. The molecule has 1 aliphatic heterocycles. The number of ether oxygens (including phenoxy) is 1. The summed E-state index contributed by atoms with van der Waals surface area (Å²) in [6, 6.07) is 9.91. The molecule has 5 atom stereocenters. The van der Waals surface area contributed by atoms with Crippen molar-refractivity contribution >= 4 is 30.1 Å². The van der Waals surface area contributed by atoms with Gasteiger partial charge in [-0.15, -0.1) is 0 Å². The van der Waals surface area contributed by atoms with Crippen LogP contribution in [-0.2, 0) is 9.53 Å². The Labute approximate surface area is 167 Å². The van der Waals surface area contributed by atoms with Crippen molar-refractivity contribution in [3.05, 3.63) is 42.0 Å². The summed E-state index contributed by atoms with van der Waals surface area (Å²) >= 11 is -0.351. The van der Waals surface area contributed by atoms with Gasteiger partial charge in [0.15, 0.2) is 0 Å². The number of Topliss-reactive ketones (excluding diaryl/α,β-unsaturated/α-hetero) is 1. The van der Waals surface area contributed by atoms with E-state index in [1.165, 1.54) is 0 Å². The van der Waals surface area contributed by atoms with Gasteiger partial charge in [0.1, 0.15) is 0 Å². The van der Waals surface area contributed by atoms with Gasteiger partial charge in [-0.2, -0.15) is 0 Å². The number of hydrogen-bond acceptors (Lipinski definition) is 4. The van der Waals surface area contributed by atoms with Crippen molar-refractivity contribution in [2.24, 2.45) is 23.2 Å². The number of hydrogen-bond donors (Lipinski definition) is 0. The zero-order valence-corrected chi connectivity index (χ0v) is 18.1. The third kappa shape index (κ3) is 3.00. The second-order valence-corrected chi connectivity index (χ2v) is 10.8. The topological polar surface area (TPSA) is 46.6 Å². The number of carbonyl (C=O) groups is 2. The maximum atomic E-state index is 12.8. The summed E-state index contributed by atoms with van der Waals surface area (Å²) in [6.07, 6.45) is 2.58. The number of benzene rings is 1. The van der Waals surface area contributed by atoms with Crippen molar-refractivity contribution in [3.63, 3.8) is 0 Å². The molecule has 0 bridgehead atoms. The Balaban J connectivity index is 1.65. The van der Waals surface area contributed by atoms with Gasteiger partial charge in [-0.25, -0.2) is 0 Å². The Morgan fingerprint density at radius 2 is 2.00 bits per heavy atom. The summed E-state index contributed by atoms with van der Waals surface area (Å²) in [5.74, 6) is 1.02. The molecule has 0 spiro atoms. The van der Waals surface area contributed by atoms with Crippen molar-refractivity contribution in [2.75, 3.05) is 13.6 Å². The van der Waals surface area contributed by atoms with E-state index in [1.54, 1.807) is 0 Å². The molecule has 27 heavy (non-hydrogen) atoms. The molecule has 2 aliphatic carbocycles. The molecule has 1 aromatic carbocycles. The van der Waals surface area contributed by atoms with Crippen molar-refractivity contribution in [1.82, 2.24) is 4.90 Å². The van der Waals surface area contributed by atoms with E-state index in [0.29, 0.717) is 24.0 Å². The Hall–Kier alpha value is -1.42. The Morgan fingerprint density at radius 3 is 2.67 bits per heavy atom. The molecule has 4 rings (SSSR count). The number of likely N-dealkylation sites (tertiary alicyclic amines) is 1. The molecular formula is C22H27NO3Se. The molecule has 0 amide bonds. The molecule has 1 aromatic rings. The summed E-state index contributed by atoms with van der Waals surface area (Å²) in [6.45, 7) is 7.41. The molecule has 5 heteroatoms. The van der Waals surface area contributed by atoms with Gasteiger partial charge < -0.3 is 0 Å². The predicted molar refractivity (Wildman–Crippen MR) is 106 cm³/mol. The van der Waals surface area contributed by atoms with Gasteiger partial charge in [0.2, 0.25) is 0 Å². The zero-order valence-electron chi connectivity index (χ0n) is 16.3. The molecule has 0 N–H and O–H groups in total. The van der Waals surface area contributed by atoms with Gasteiger partial charge >= 0.3 is 167 Å². The Bertz CT molecular complexity index is 790. The van der Waals surface area contributed by atoms with E-state index in [9.17, 15) is 9.59 Å². The molecule has 1 heterocycles. The van der Waals surface area contributed by atoms with Crippen LogP contribution in [-0.4, -0.2) is 56.2 Å². The van der Waals surface area contributed by atoms with Crippen LogP contribution in [0.3, 0.4) is 0 Å². The van der Waals surface area contributed by atoms with Crippen LogP contribution in [0.4, 0.5) is 4.79 Å². The van der Waals surface area contributed by atoms with E-state index in [1.807, 2.05) is 30.3 Å². The Kier molecular flexibility index (Phi) is 4.82. The summed E-state index contributed by atoms with van der Waals surface area (Å²) in [4.78, 5) is 27.7. The molecule has 0 unspecified atom stereocenters. The minimum atomic E-state index is -0.351. The summed E-state index contributed by atoms with van der Waals surface area (Å²) < 4.78 is 7.20.